The van der Waals surface area contributed by atoms with Crippen LogP contribution in [0.5, 0.6) is 46.1 Å². The number of ether oxygens (including phenoxy) is 6. The topological polar surface area (TPSA) is 534 Å². The molecule has 88 heavy (non-hydrogen) atoms. The highest BCUT2D eigenvalue weighted by Gasteiger charge is 2.32. The van der Waals surface area contributed by atoms with Crippen molar-refractivity contribution in [3.05, 3.63) is 84.1 Å². The summed E-state index contributed by atoms with van der Waals surface area (Å²) in [6.45, 7) is -1.95. The number of aliphatic hydroxyl groups excluding tert-OH is 4. The molecule has 39 heteroatoms. The zero-order valence-corrected chi connectivity index (χ0v) is 48.7. The van der Waals surface area contributed by atoms with E-state index < -0.39 is 164 Å². The summed E-state index contributed by atoms with van der Waals surface area (Å²) in [7, 11) is -12.7. The Kier molecular flexibility index (Phi) is 20.8. The van der Waals surface area contributed by atoms with Crippen molar-refractivity contribution < 1.29 is 117 Å². The minimum absolute atomic E-state index is 0.0166. The van der Waals surface area contributed by atoms with Gasteiger partial charge in [0.15, 0.2) is 11.4 Å². The number of phenols is 1. The molecule has 0 radical (unpaired) electrons. The van der Waals surface area contributed by atoms with Crippen LogP contribution in [-0.2, 0) is 41.4 Å². The average Bonchev–Trinajstić information content (AvgIpc) is 1.18. The summed E-state index contributed by atoms with van der Waals surface area (Å²) in [5, 5.41) is 106. The third-order valence-electron chi connectivity index (χ3n) is 11.8. The van der Waals surface area contributed by atoms with Gasteiger partial charge in [-0.2, -0.15) is 35.0 Å². The number of hydrogen-bond donors (Lipinski definition) is 10. The Bertz CT molecular complexity index is 4370. The summed E-state index contributed by atoms with van der Waals surface area (Å²) in [5.41, 5.74) is -5.53. The maximum absolute atomic E-state index is 13.4. The van der Waals surface area contributed by atoms with Crippen LogP contribution in [0.25, 0.3) is 16.5 Å². The molecule has 2 unspecified atom stereocenters. The third kappa shape index (κ3) is 14.9. The van der Waals surface area contributed by atoms with Crippen LogP contribution < -0.4 is 28.4 Å². The molecular weight excluding hydrogens is 1260 g/mol. The monoisotopic (exact) mass is 1300 g/mol. The van der Waals surface area contributed by atoms with Crippen molar-refractivity contribution in [1.82, 2.24) is 9.78 Å². The minimum Gasteiger partial charge on any atom is -0.768 e. The molecule has 0 amide bonds. The number of benzene rings is 6. The normalized spacial score (nSPS) is 13.0. The number of methoxy groups -OCH3 is 3. The van der Waals surface area contributed by atoms with Gasteiger partial charge in [0, 0.05) is 46.0 Å². The van der Waals surface area contributed by atoms with E-state index in [1.165, 1.54) is 39.3 Å². The molecule has 2 atom stereocenters. The van der Waals surface area contributed by atoms with E-state index in [9.17, 15) is 88.2 Å². The number of fused-ring (bicyclic) bond motifs is 1. The molecule has 0 aliphatic carbocycles. The van der Waals surface area contributed by atoms with Gasteiger partial charge in [0.25, 0.3) is 30.4 Å². The predicted molar refractivity (Wildman–Crippen MR) is 299 cm³/mol. The van der Waals surface area contributed by atoms with E-state index in [1.807, 2.05) is 0 Å². The van der Waals surface area contributed by atoms with Gasteiger partial charge in [-0.3, -0.25) is 17.9 Å². The summed E-state index contributed by atoms with van der Waals surface area (Å²) in [4.78, 5) is 9.12. The number of rotatable bonds is 27. The molecule has 10 N–H and O–H groups in total. The van der Waals surface area contributed by atoms with Gasteiger partial charge >= 0.3 is 5.97 Å². The predicted octanol–water partition coefficient (Wildman–Crippen LogP) is 6.58. The Morgan fingerprint density at radius 3 is 1.61 bits per heavy atom. The van der Waals surface area contributed by atoms with Crippen LogP contribution in [-0.4, -0.2) is 166 Å². The first kappa shape index (κ1) is 66.3. The molecule has 0 spiro atoms. The number of aromatic hydroxyl groups is 2. The van der Waals surface area contributed by atoms with E-state index in [0.717, 1.165) is 55.6 Å². The number of aryl methyl sites for hydroxylation is 1. The number of aliphatic hydroxyl groups is 4. The lowest BCUT2D eigenvalue weighted by Crippen LogP contribution is -2.21. The fraction of sp³-hybridized carbons (Fsp3) is 0.224. The highest BCUT2D eigenvalue weighted by molar-refractivity contribution is 7.86. The van der Waals surface area contributed by atoms with Crippen molar-refractivity contribution >= 4 is 104 Å². The van der Waals surface area contributed by atoms with Gasteiger partial charge in [-0.25, -0.2) is 4.79 Å². The lowest BCUT2D eigenvalue weighted by atomic mass is 10.1. The van der Waals surface area contributed by atoms with Crippen molar-refractivity contribution in [3.63, 3.8) is 0 Å². The van der Waals surface area contributed by atoms with Crippen molar-refractivity contribution in [3.8, 4) is 51.8 Å². The molecule has 1 heterocycles. The second-order valence-corrected chi connectivity index (χ2v) is 22.5. The Morgan fingerprint density at radius 2 is 1.11 bits per heavy atom. The SMILES string of the molecule is COc1ccc(N=Nc2cc(OCCO)c(N=Nc3c(C(=O)O)nn(-c4ccc5c(O)c(N=Nc6cc(OCC(O)CO)c(N=Nc7cc(C)c(S(=O)[O-])cc7OC)cc6OC)c(S(=O)(=O)O)cc5c4S(=O)(=O)O)c3O)cc2OCCO)c(S(=O)(=O)O)c1. The van der Waals surface area contributed by atoms with Crippen LogP contribution >= 0.6 is 0 Å². The Hall–Kier alpha value is -9.26. The highest BCUT2D eigenvalue weighted by Crippen LogP contribution is 2.49. The number of aromatic nitrogens is 2. The summed E-state index contributed by atoms with van der Waals surface area (Å²) < 4.78 is 165. The highest BCUT2D eigenvalue weighted by atomic mass is 32.2. The first-order chi connectivity index (χ1) is 41.6. The molecule has 468 valence electrons. The van der Waals surface area contributed by atoms with Gasteiger partial charge in [0.2, 0.25) is 11.6 Å². The molecule has 6 aromatic carbocycles. The van der Waals surface area contributed by atoms with Crippen molar-refractivity contribution in [2.75, 3.05) is 61.0 Å². The smallest absolute Gasteiger partial charge is 0.358 e. The van der Waals surface area contributed by atoms with Crippen molar-refractivity contribution in [1.29, 1.82) is 0 Å². The number of nitrogens with zero attached hydrogens (tertiary/aromatic N) is 10. The van der Waals surface area contributed by atoms with E-state index in [4.69, 9.17) is 28.4 Å². The molecule has 7 rings (SSSR count). The largest absolute Gasteiger partial charge is 0.768 e. The number of hydrogen-bond acceptors (Lipinski definition) is 30. The van der Waals surface area contributed by atoms with E-state index in [-0.39, 0.29) is 72.4 Å². The number of azo groups is 4. The molecule has 0 aliphatic rings. The zero-order chi connectivity index (χ0) is 64.6. The fourth-order valence-electron chi connectivity index (χ4n) is 7.78. The van der Waals surface area contributed by atoms with Crippen LogP contribution in [0, 0.1) is 6.92 Å². The second-order valence-electron chi connectivity index (χ2n) is 17.5. The van der Waals surface area contributed by atoms with Crippen LogP contribution in [0.2, 0.25) is 0 Å². The zero-order valence-electron chi connectivity index (χ0n) is 45.4. The van der Waals surface area contributed by atoms with Crippen LogP contribution in [0.15, 0.2) is 133 Å². The molecule has 0 aliphatic heterocycles. The molecule has 35 nitrogen and oxygen atoms in total. The van der Waals surface area contributed by atoms with Gasteiger partial charge in [0.05, 0.1) is 46.8 Å². The van der Waals surface area contributed by atoms with Gasteiger partial charge < -0.3 is 68.7 Å². The van der Waals surface area contributed by atoms with Crippen molar-refractivity contribution in [2.24, 2.45) is 40.9 Å². The average molecular weight is 1300 g/mol. The number of phenolic OH excluding ortho intramolecular Hbond substituents is 1. The molecule has 7 aromatic rings. The van der Waals surface area contributed by atoms with E-state index in [0.29, 0.717) is 6.07 Å². The summed E-state index contributed by atoms with van der Waals surface area (Å²) in [6.07, 6.45) is -1.46. The standard InChI is InChI=1S/C49H48N10O25S4/c1-23-13-29(36(81-4)20-40(23)85(68)69)51-53-31-16-35(80-3)30(17-39(31)84-22-24(63)21-62)54-56-43-42(87(73,74)75)15-27-26(46(43)64)6-8-34(47(27)88(76,77)78)59-48(65)44(45(58-59)49(66)67)57-55-33-19-37(82-11-9-60)32(18-38(33)83-12-10-61)52-50-28-7-5-25(79-2)14-41(28)86(70,71)72/h5-8,13-20,24,60-65H,9-12,21-22H2,1-4H3,(H,66,67)(H,68,69)(H,70,71,72)(H,73,74,75)(H,76,77,78)/p-1. The Labute approximate surface area is 498 Å². The molecular formula is C49H47N10O25S4-. The van der Waals surface area contributed by atoms with Gasteiger partial charge in [0.1, 0.15) is 115 Å². The summed E-state index contributed by atoms with van der Waals surface area (Å²) in [5.74, 6) is -5.63. The van der Waals surface area contributed by atoms with E-state index >= 15 is 0 Å². The molecule has 1 aromatic heterocycles. The van der Waals surface area contributed by atoms with Gasteiger partial charge in [-0.15, -0.1) is 40.9 Å². The molecule has 0 saturated heterocycles. The van der Waals surface area contributed by atoms with Crippen molar-refractivity contribution in [2.45, 2.75) is 32.6 Å². The molecule has 0 bridgehead atoms. The number of carboxylic acid groups (broad SMARTS) is 1. The van der Waals surface area contributed by atoms with Gasteiger partial charge in [-0.05, 0) is 66.0 Å². The summed E-state index contributed by atoms with van der Waals surface area (Å²) in [6, 6.07) is 12.3. The number of carbonyl (C=O) groups is 1. The van der Waals surface area contributed by atoms with Crippen LogP contribution in [0.3, 0.4) is 0 Å². The number of aromatic carboxylic acids is 1. The Balaban J connectivity index is 1.35. The molecule has 0 fully saturated rings. The van der Waals surface area contributed by atoms with E-state index in [1.54, 1.807) is 0 Å². The first-order valence-corrected chi connectivity index (χ1v) is 29.7. The lowest BCUT2D eigenvalue weighted by molar-refractivity contribution is 0.0538. The van der Waals surface area contributed by atoms with Crippen LogP contribution in [0.1, 0.15) is 16.1 Å². The van der Waals surface area contributed by atoms with Crippen LogP contribution in [0.4, 0.5) is 45.5 Å². The lowest BCUT2D eigenvalue weighted by Gasteiger charge is -2.15. The second kappa shape index (κ2) is 27.6. The first-order valence-electron chi connectivity index (χ1n) is 24.3. The number of carboxylic acids is 1. The minimum atomic E-state index is -5.74. The third-order valence-corrected chi connectivity index (χ3v) is 15.2. The maximum atomic E-state index is 13.4. The van der Waals surface area contributed by atoms with E-state index in [2.05, 4.69) is 46.0 Å². The quantitative estimate of drug-likeness (QED) is 0.0147. The summed E-state index contributed by atoms with van der Waals surface area (Å²) >= 11 is -2.64. The van der Waals surface area contributed by atoms with Gasteiger partial charge in [-0.1, -0.05) is 0 Å². The molecule has 0 saturated carbocycles. The maximum Gasteiger partial charge on any atom is 0.358 e. The Morgan fingerprint density at radius 1 is 0.614 bits per heavy atom. The fourth-order valence-corrected chi connectivity index (χ4v) is 10.5.